The molecule has 0 heterocycles. The fourth-order valence-electron chi connectivity index (χ4n) is 1.81. The van der Waals surface area contributed by atoms with Gasteiger partial charge in [-0.05, 0) is 24.3 Å². The van der Waals surface area contributed by atoms with E-state index < -0.39 is 11.8 Å². The topological polar surface area (TPSA) is 127 Å². The molecule has 8 nitrogen and oxygen atoms in total. The van der Waals surface area contributed by atoms with Crippen LogP contribution in [0.5, 0.6) is 0 Å². The molecule has 2 rings (SSSR count). The molecule has 0 aromatic rings. The molecular formula is C16H14N4O4. The van der Waals surface area contributed by atoms with Crippen LogP contribution >= 0.6 is 0 Å². The highest BCUT2D eigenvalue weighted by Gasteiger charge is 2.23. The summed E-state index contributed by atoms with van der Waals surface area (Å²) in [4.78, 5) is 47.1. The molecule has 0 atom stereocenters. The first-order valence-electron chi connectivity index (χ1n) is 6.78. The van der Waals surface area contributed by atoms with Crippen molar-refractivity contribution in [3.05, 3.63) is 72.2 Å². The minimum Gasteiger partial charge on any atom is -0.289 e. The summed E-state index contributed by atoms with van der Waals surface area (Å²) >= 11 is 0. The number of nitrogens with two attached hydrogens (primary N) is 2. The van der Waals surface area contributed by atoms with Crippen LogP contribution in [-0.2, 0) is 19.2 Å². The Labute approximate surface area is 137 Å². The molecule has 0 saturated heterocycles. The van der Waals surface area contributed by atoms with Gasteiger partial charge in [-0.2, -0.15) is 0 Å². The highest BCUT2D eigenvalue weighted by Crippen LogP contribution is 2.09. The van der Waals surface area contributed by atoms with E-state index in [2.05, 4.69) is 0 Å². The average molecular weight is 326 g/mol. The van der Waals surface area contributed by atoms with E-state index >= 15 is 0 Å². The molecule has 122 valence electrons. The highest BCUT2D eigenvalue weighted by atomic mass is 16.2. The SMILES string of the molecule is NN(C=C1C=CC=CC1=O)C(=O)C(=O)N(N)C=C1C=CC=CC1=O. The van der Waals surface area contributed by atoms with Gasteiger partial charge in [-0.25, -0.2) is 21.7 Å². The van der Waals surface area contributed by atoms with Crippen LogP contribution in [0.2, 0.25) is 0 Å². The average Bonchev–Trinajstić information content (AvgIpc) is 2.57. The van der Waals surface area contributed by atoms with Gasteiger partial charge in [0, 0.05) is 23.5 Å². The van der Waals surface area contributed by atoms with Gasteiger partial charge in [-0.3, -0.25) is 19.2 Å². The molecule has 0 aliphatic heterocycles. The Balaban J connectivity index is 2.10. The molecule has 2 aliphatic carbocycles. The molecule has 0 bridgehead atoms. The van der Waals surface area contributed by atoms with E-state index in [4.69, 9.17) is 11.7 Å². The molecule has 0 radical (unpaired) electrons. The van der Waals surface area contributed by atoms with Gasteiger partial charge in [0.05, 0.1) is 0 Å². The lowest BCUT2D eigenvalue weighted by atomic mass is 10.1. The molecule has 2 amide bonds. The summed E-state index contributed by atoms with van der Waals surface area (Å²) in [7, 11) is 0. The van der Waals surface area contributed by atoms with Crippen LogP contribution in [0.3, 0.4) is 0 Å². The summed E-state index contributed by atoms with van der Waals surface area (Å²) < 4.78 is 0. The second kappa shape index (κ2) is 7.27. The Kier molecular flexibility index (Phi) is 5.15. The highest BCUT2D eigenvalue weighted by molar-refractivity contribution is 6.35. The fraction of sp³-hybridized carbons (Fsp3) is 0. The summed E-state index contributed by atoms with van der Waals surface area (Å²) in [5, 5.41) is 0.936. The zero-order valence-corrected chi connectivity index (χ0v) is 12.5. The number of amides is 2. The van der Waals surface area contributed by atoms with Crippen LogP contribution in [-0.4, -0.2) is 33.4 Å². The molecule has 8 heteroatoms. The summed E-state index contributed by atoms with van der Waals surface area (Å²) in [5.41, 5.74) is 0.275. The Bertz CT molecular complexity index is 718. The minimum atomic E-state index is -1.17. The number of hydrazine groups is 2. The third-order valence-electron chi connectivity index (χ3n) is 3.05. The van der Waals surface area contributed by atoms with Gasteiger partial charge in [0.25, 0.3) is 0 Å². The standard InChI is InChI=1S/C16H14N4O4/c17-19(9-11-5-1-3-7-13(11)21)15(23)16(24)20(18)10-12-6-2-4-8-14(12)22/h1-10H,17-18H2. The van der Waals surface area contributed by atoms with E-state index in [1.165, 1.54) is 36.5 Å². The van der Waals surface area contributed by atoms with Crippen molar-refractivity contribution in [1.82, 2.24) is 10.0 Å². The van der Waals surface area contributed by atoms with E-state index in [0.717, 1.165) is 12.4 Å². The third-order valence-corrected chi connectivity index (χ3v) is 3.05. The Morgan fingerprint density at radius 1 is 0.708 bits per heavy atom. The van der Waals surface area contributed by atoms with Gasteiger partial charge in [-0.1, -0.05) is 24.3 Å². The molecule has 0 fully saturated rings. The summed E-state index contributed by atoms with van der Waals surface area (Å²) in [6, 6.07) is 0. The lowest BCUT2D eigenvalue weighted by molar-refractivity contribution is -0.149. The second-order valence-corrected chi connectivity index (χ2v) is 4.76. The fourth-order valence-corrected chi connectivity index (χ4v) is 1.81. The van der Waals surface area contributed by atoms with Crippen LogP contribution in [0.1, 0.15) is 0 Å². The number of hydrogen-bond acceptors (Lipinski definition) is 6. The number of hydrogen-bond donors (Lipinski definition) is 2. The number of allylic oxidation sites excluding steroid dienone is 10. The Morgan fingerprint density at radius 2 is 1.04 bits per heavy atom. The summed E-state index contributed by atoms with van der Waals surface area (Å²) in [6.45, 7) is 0. The number of ketones is 2. The molecule has 0 spiro atoms. The maximum Gasteiger partial charge on any atom is 0.331 e. The zero-order chi connectivity index (χ0) is 17.7. The normalized spacial score (nSPS) is 19.2. The number of nitrogens with zero attached hydrogens (tertiary/aromatic N) is 2. The van der Waals surface area contributed by atoms with Crippen LogP contribution in [0, 0.1) is 0 Å². The number of rotatable bonds is 2. The maximum absolute atomic E-state index is 12.0. The predicted octanol–water partition coefficient (Wildman–Crippen LogP) is -0.451. The molecule has 4 N–H and O–H groups in total. The molecule has 0 aromatic carbocycles. The van der Waals surface area contributed by atoms with Crippen LogP contribution in [0.25, 0.3) is 0 Å². The van der Waals surface area contributed by atoms with Crippen molar-refractivity contribution >= 4 is 23.4 Å². The maximum atomic E-state index is 12.0. The van der Waals surface area contributed by atoms with Crippen LogP contribution in [0.15, 0.2) is 72.2 Å². The zero-order valence-electron chi connectivity index (χ0n) is 12.5. The largest absolute Gasteiger partial charge is 0.331 e. The predicted molar refractivity (Wildman–Crippen MR) is 84.8 cm³/mol. The van der Waals surface area contributed by atoms with Gasteiger partial charge in [0.15, 0.2) is 11.6 Å². The van der Waals surface area contributed by atoms with Crippen LogP contribution < -0.4 is 11.7 Å². The Hall–Kier alpha value is -3.36. The third kappa shape index (κ3) is 3.88. The molecule has 0 aromatic heterocycles. The van der Waals surface area contributed by atoms with Crippen molar-refractivity contribution < 1.29 is 19.2 Å². The van der Waals surface area contributed by atoms with E-state index in [1.54, 1.807) is 12.2 Å². The van der Waals surface area contributed by atoms with Crippen molar-refractivity contribution in [2.45, 2.75) is 0 Å². The molecule has 0 saturated carbocycles. The Morgan fingerprint density at radius 3 is 1.38 bits per heavy atom. The monoisotopic (exact) mass is 326 g/mol. The number of carbonyl (C=O) groups excluding carboxylic acids is 4. The van der Waals surface area contributed by atoms with E-state index in [1.807, 2.05) is 0 Å². The van der Waals surface area contributed by atoms with E-state index in [-0.39, 0.29) is 22.7 Å². The van der Waals surface area contributed by atoms with Crippen LogP contribution in [0.4, 0.5) is 0 Å². The van der Waals surface area contributed by atoms with Crippen molar-refractivity contribution in [1.29, 1.82) is 0 Å². The van der Waals surface area contributed by atoms with Gasteiger partial charge in [0.2, 0.25) is 0 Å². The lowest BCUT2D eigenvalue weighted by Crippen LogP contribution is -2.47. The van der Waals surface area contributed by atoms with E-state index in [0.29, 0.717) is 10.0 Å². The molecular weight excluding hydrogens is 312 g/mol. The smallest absolute Gasteiger partial charge is 0.289 e. The molecule has 2 aliphatic rings. The first kappa shape index (κ1) is 17.0. The van der Waals surface area contributed by atoms with Crippen molar-refractivity contribution in [2.24, 2.45) is 11.7 Å². The van der Waals surface area contributed by atoms with E-state index in [9.17, 15) is 19.2 Å². The van der Waals surface area contributed by atoms with Crippen molar-refractivity contribution in [3.8, 4) is 0 Å². The van der Waals surface area contributed by atoms with Gasteiger partial charge >= 0.3 is 11.8 Å². The molecule has 24 heavy (non-hydrogen) atoms. The summed E-state index contributed by atoms with van der Waals surface area (Å²) in [5.74, 6) is 7.94. The quantitative estimate of drug-likeness (QED) is 0.233. The summed E-state index contributed by atoms with van der Waals surface area (Å²) in [6.07, 6.45) is 13.8. The minimum absolute atomic E-state index is 0.138. The molecule has 0 unspecified atom stereocenters. The lowest BCUT2D eigenvalue weighted by Gasteiger charge is -2.17. The first-order valence-corrected chi connectivity index (χ1v) is 6.78. The first-order chi connectivity index (χ1) is 11.4. The van der Waals surface area contributed by atoms with Gasteiger partial charge in [0.1, 0.15) is 0 Å². The van der Waals surface area contributed by atoms with Crippen molar-refractivity contribution in [3.63, 3.8) is 0 Å². The van der Waals surface area contributed by atoms with Gasteiger partial charge < -0.3 is 0 Å². The van der Waals surface area contributed by atoms with Crippen molar-refractivity contribution in [2.75, 3.05) is 0 Å². The second-order valence-electron chi connectivity index (χ2n) is 4.76. The van der Waals surface area contributed by atoms with Gasteiger partial charge in [-0.15, -0.1) is 0 Å². The number of carbonyl (C=O) groups is 4.